The quantitative estimate of drug-likeness (QED) is 0.701. The lowest BCUT2D eigenvalue weighted by molar-refractivity contribution is 0.590. The molecule has 106 valence electrons. The fraction of sp³-hybridized carbons (Fsp3) is 0.222. The molecule has 3 rings (SSSR count). The summed E-state index contributed by atoms with van der Waals surface area (Å²) >= 11 is 0. The van der Waals surface area contributed by atoms with E-state index in [-0.39, 0.29) is 5.41 Å². The SMILES string of the molecule is CC(C)(C)c1ccc(-c2cn(-c3ccccc3)nn2)cc1. The minimum atomic E-state index is 0.167. The van der Waals surface area contributed by atoms with Crippen molar-refractivity contribution in [1.29, 1.82) is 0 Å². The van der Waals surface area contributed by atoms with Gasteiger partial charge >= 0.3 is 0 Å². The monoisotopic (exact) mass is 277 g/mol. The van der Waals surface area contributed by atoms with Crippen LogP contribution < -0.4 is 0 Å². The Labute approximate surface area is 125 Å². The molecule has 1 aromatic heterocycles. The smallest absolute Gasteiger partial charge is 0.113 e. The Morgan fingerprint density at radius 2 is 1.52 bits per heavy atom. The van der Waals surface area contributed by atoms with Gasteiger partial charge in [0.1, 0.15) is 5.69 Å². The molecule has 3 nitrogen and oxygen atoms in total. The zero-order valence-electron chi connectivity index (χ0n) is 12.6. The fourth-order valence-corrected chi connectivity index (χ4v) is 2.24. The summed E-state index contributed by atoms with van der Waals surface area (Å²) in [6, 6.07) is 18.6. The largest absolute Gasteiger partial charge is 0.220 e. The van der Waals surface area contributed by atoms with Crippen LogP contribution in [-0.4, -0.2) is 15.0 Å². The van der Waals surface area contributed by atoms with E-state index in [1.165, 1.54) is 5.56 Å². The van der Waals surface area contributed by atoms with E-state index in [0.717, 1.165) is 16.9 Å². The average Bonchev–Trinajstić information content (AvgIpc) is 2.97. The molecule has 0 unspecified atom stereocenters. The third-order valence-corrected chi connectivity index (χ3v) is 3.56. The van der Waals surface area contributed by atoms with Gasteiger partial charge < -0.3 is 0 Å². The van der Waals surface area contributed by atoms with E-state index < -0.39 is 0 Å². The van der Waals surface area contributed by atoms with Gasteiger partial charge in [-0.3, -0.25) is 0 Å². The molecule has 0 N–H and O–H groups in total. The van der Waals surface area contributed by atoms with Crippen LogP contribution in [-0.2, 0) is 5.41 Å². The standard InChI is InChI=1S/C18H19N3/c1-18(2,3)15-11-9-14(10-12-15)17-13-21(20-19-17)16-7-5-4-6-8-16/h4-13H,1-3H3. The van der Waals surface area contributed by atoms with Crippen molar-refractivity contribution >= 4 is 0 Å². The van der Waals surface area contributed by atoms with Crippen molar-refractivity contribution in [3.05, 3.63) is 66.4 Å². The van der Waals surface area contributed by atoms with Gasteiger partial charge in [-0.2, -0.15) is 0 Å². The van der Waals surface area contributed by atoms with Crippen molar-refractivity contribution in [3.8, 4) is 16.9 Å². The first-order chi connectivity index (χ1) is 10.0. The molecule has 1 heterocycles. The molecule has 0 saturated heterocycles. The van der Waals surface area contributed by atoms with Gasteiger partial charge in [0.25, 0.3) is 0 Å². The minimum Gasteiger partial charge on any atom is -0.220 e. The Bertz CT molecular complexity index is 719. The Hall–Kier alpha value is -2.42. The number of aromatic nitrogens is 3. The number of rotatable bonds is 2. The normalized spacial score (nSPS) is 11.6. The van der Waals surface area contributed by atoms with Crippen molar-refractivity contribution in [1.82, 2.24) is 15.0 Å². The summed E-state index contributed by atoms with van der Waals surface area (Å²) < 4.78 is 1.80. The highest BCUT2D eigenvalue weighted by Crippen LogP contribution is 2.25. The van der Waals surface area contributed by atoms with Crippen LogP contribution in [0.15, 0.2) is 60.8 Å². The molecule has 0 aliphatic heterocycles. The summed E-state index contributed by atoms with van der Waals surface area (Å²) in [7, 11) is 0. The lowest BCUT2D eigenvalue weighted by Crippen LogP contribution is -2.10. The maximum Gasteiger partial charge on any atom is 0.113 e. The lowest BCUT2D eigenvalue weighted by Gasteiger charge is -2.18. The summed E-state index contributed by atoms with van der Waals surface area (Å²) in [5.41, 5.74) is 4.48. The van der Waals surface area contributed by atoms with Gasteiger partial charge in [0.05, 0.1) is 11.9 Å². The molecule has 3 aromatic rings. The second-order valence-electron chi connectivity index (χ2n) is 6.21. The van der Waals surface area contributed by atoms with Crippen LogP contribution in [0.5, 0.6) is 0 Å². The highest BCUT2D eigenvalue weighted by atomic mass is 15.4. The zero-order valence-corrected chi connectivity index (χ0v) is 12.6. The maximum absolute atomic E-state index is 4.27. The van der Waals surface area contributed by atoms with E-state index in [0.29, 0.717) is 0 Å². The van der Waals surface area contributed by atoms with Crippen LogP contribution in [0.3, 0.4) is 0 Å². The Balaban J connectivity index is 1.90. The van der Waals surface area contributed by atoms with Gasteiger partial charge in [-0.15, -0.1) is 5.10 Å². The summed E-state index contributed by atoms with van der Waals surface area (Å²) in [4.78, 5) is 0. The zero-order chi connectivity index (χ0) is 14.9. The van der Waals surface area contributed by atoms with E-state index in [4.69, 9.17) is 0 Å². The molecular formula is C18H19N3. The Morgan fingerprint density at radius 1 is 0.857 bits per heavy atom. The third-order valence-electron chi connectivity index (χ3n) is 3.56. The summed E-state index contributed by atoms with van der Waals surface area (Å²) in [5.74, 6) is 0. The van der Waals surface area contributed by atoms with Crippen molar-refractivity contribution in [2.45, 2.75) is 26.2 Å². The molecule has 0 fully saturated rings. The average molecular weight is 277 g/mol. The second kappa shape index (κ2) is 5.17. The van der Waals surface area contributed by atoms with Crippen molar-refractivity contribution in [2.24, 2.45) is 0 Å². The molecule has 0 radical (unpaired) electrons. The third kappa shape index (κ3) is 2.87. The van der Waals surface area contributed by atoms with E-state index in [1.54, 1.807) is 4.68 Å². The first-order valence-electron chi connectivity index (χ1n) is 7.13. The number of benzene rings is 2. The molecule has 3 heteroatoms. The Kier molecular flexibility index (Phi) is 3.34. The van der Waals surface area contributed by atoms with Gasteiger partial charge in [0.15, 0.2) is 0 Å². The molecule has 0 aliphatic carbocycles. The molecule has 0 amide bonds. The van der Waals surface area contributed by atoms with Crippen LogP contribution in [0.2, 0.25) is 0 Å². The number of hydrogen-bond acceptors (Lipinski definition) is 2. The van der Waals surface area contributed by atoms with E-state index in [1.807, 2.05) is 36.5 Å². The van der Waals surface area contributed by atoms with Crippen LogP contribution in [0.1, 0.15) is 26.3 Å². The summed E-state index contributed by atoms with van der Waals surface area (Å²) in [5, 5.41) is 8.47. The fourth-order valence-electron chi connectivity index (χ4n) is 2.24. The topological polar surface area (TPSA) is 30.7 Å². The lowest BCUT2D eigenvalue weighted by atomic mass is 9.86. The summed E-state index contributed by atoms with van der Waals surface area (Å²) in [6.07, 6.45) is 1.96. The highest BCUT2D eigenvalue weighted by molar-refractivity contribution is 5.59. The van der Waals surface area contributed by atoms with Crippen LogP contribution in [0.25, 0.3) is 16.9 Å². The van der Waals surface area contributed by atoms with E-state index in [2.05, 4.69) is 55.3 Å². The van der Waals surface area contributed by atoms with E-state index in [9.17, 15) is 0 Å². The van der Waals surface area contributed by atoms with Gasteiger partial charge in [-0.1, -0.05) is 68.4 Å². The molecular weight excluding hydrogens is 258 g/mol. The van der Waals surface area contributed by atoms with Crippen LogP contribution in [0, 0.1) is 0 Å². The molecule has 2 aromatic carbocycles. The van der Waals surface area contributed by atoms with Crippen molar-refractivity contribution in [3.63, 3.8) is 0 Å². The predicted molar refractivity (Wildman–Crippen MR) is 85.5 cm³/mol. The van der Waals surface area contributed by atoms with Gasteiger partial charge in [0, 0.05) is 5.56 Å². The molecule has 0 aliphatic rings. The van der Waals surface area contributed by atoms with Gasteiger partial charge in [-0.25, -0.2) is 4.68 Å². The second-order valence-corrected chi connectivity index (χ2v) is 6.21. The van der Waals surface area contributed by atoms with Crippen LogP contribution in [0.4, 0.5) is 0 Å². The van der Waals surface area contributed by atoms with Crippen molar-refractivity contribution < 1.29 is 0 Å². The van der Waals surface area contributed by atoms with Gasteiger partial charge in [0.2, 0.25) is 0 Å². The number of hydrogen-bond donors (Lipinski definition) is 0. The molecule has 0 bridgehead atoms. The Morgan fingerprint density at radius 3 is 2.14 bits per heavy atom. The van der Waals surface area contributed by atoms with E-state index >= 15 is 0 Å². The molecule has 0 spiro atoms. The summed E-state index contributed by atoms with van der Waals surface area (Å²) in [6.45, 7) is 6.65. The number of nitrogens with zero attached hydrogens (tertiary/aromatic N) is 3. The predicted octanol–water partition coefficient (Wildman–Crippen LogP) is 4.23. The highest BCUT2D eigenvalue weighted by Gasteiger charge is 2.13. The number of para-hydroxylation sites is 1. The maximum atomic E-state index is 4.27. The first-order valence-corrected chi connectivity index (χ1v) is 7.13. The molecule has 0 atom stereocenters. The molecule has 0 saturated carbocycles. The molecule has 21 heavy (non-hydrogen) atoms. The van der Waals surface area contributed by atoms with Gasteiger partial charge in [-0.05, 0) is 23.1 Å². The minimum absolute atomic E-state index is 0.167. The van der Waals surface area contributed by atoms with Crippen LogP contribution >= 0.6 is 0 Å². The first kappa shape index (κ1) is 13.6. The van der Waals surface area contributed by atoms with Crippen molar-refractivity contribution in [2.75, 3.05) is 0 Å².